The number of fused-ring (bicyclic) bond motifs is 4. The third-order valence-corrected chi connectivity index (χ3v) is 7.89. The van der Waals surface area contributed by atoms with Crippen LogP contribution < -0.4 is 0 Å². The Bertz CT molecular complexity index is 1500. The van der Waals surface area contributed by atoms with Gasteiger partial charge in [0, 0.05) is 0 Å². The predicted octanol–water partition coefficient (Wildman–Crippen LogP) is 6.33. The van der Waals surface area contributed by atoms with Crippen molar-refractivity contribution < 1.29 is 0 Å². The molecule has 0 aliphatic heterocycles. The van der Waals surface area contributed by atoms with Crippen molar-refractivity contribution in [3.8, 4) is 22.5 Å². The Balaban J connectivity index is 1.69. The van der Waals surface area contributed by atoms with Crippen LogP contribution >= 0.6 is 0 Å². The molecule has 0 aliphatic carbocycles. The molecule has 3 aromatic carbocycles. The van der Waals surface area contributed by atoms with E-state index in [0.717, 1.165) is 27.9 Å². The maximum absolute atomic E-state index is 5.15. The van der Waals surface area contributed by atoms with Crippen LogP contribution in [0.4, 0.5) is 0 Å². The van der Waals surface area contributed by atoms with E-state index in [0.29, 0.717) is 0 Å². The van der Waals surface area contributed by atoms with Gasteiger partial charge in [-0.3, -0.25) is 0 Å². The van der Waals surface area contributed by atoms with Crippen molar-refractivity contribution in [3.05, 3.63) is 97.2 Å². The number of hydrogen-bond acceptors (Lipinski definition) is 2. The molecule has 0 amide bonds. The summed E-state index contributed by atoms with van der Waals surface area (Å²) in [6.07, 6.45) is 1.86. The van der Waals surface area contributed by atoms with Gasteiger partial charge in [0.15, 0.2) is 0 Å². The predicted molar refractivity (Wildman–Crippen MR) is 122 cm³/mol. The average Bonchev–Trinajstić information content (AvgIpc) is 3.18. The molecule has 0 N–H and O–H groups in total. The molecule has 0 saturated heterocycles. The van der Waals surface area contributed by atoms with Crippen LogP contribution in [0.2, 0.25) is 0 Å². The average molecular weight is 435 g/mol. The van der Waals surface area contributed by atoms with Crippen LogP contribution in [-0.4, -0.2) is 24.5 Å². The summed E-state index contributed by atoms with van der Waals surface area (Å²) >= 11 is 0.288. The van der Waals surface area contributed by atoms with Gasteiger partial charge in [-0.15, -0.1) is 0 Å². The Hall–Kier alpha value is -3.26. The van der Waals surface area contributed by atoms with E-state index in [9.17, 15) is 0 Å². The number of hydrogen-bond donors (Lipinski definition) is 0. The van der Waals surface area contributed by atoms with Crippen LogP contribution in [0.25, 0.3) is 52.7 Å². The van der Waals surface area contributed by atoms with E-state index in [2.05, 4.69) is 83.8 Å². The molecule has 3 heteroatoms. The van der Waals surface area contributed by atoms with Crippen molar-refractivity contribution in [1.29, 1.82) is 0 Å². The zero-order chi connectivity index (χ0) is 19.2. The van der Waals surface area contributed by atoms with Gasteiger partial charge in [0.05, 0.1) is 0 Å². The first-order chi connectivity index (χ1) is 14.4. The van der Waals surface area contributed by atoms with Crippen LogP contribution in [0.1, 0.15) is 0 Å². The number of rotatable bonds is 2. The molecule has 0 saturated carbocycles. The van der Waals surface area contributed by atoms with Crippen LogP contribution in [0.5, 0.6) is 0 Å². The second kappa shape index (κ2) is 6.66. The van der Waals surface area contributed by atoms with Gasteiger partial charge in [-0.05, 0) is 0 Å². The molecule has 0 spiro atoms. The monoisotopic (exact) mass is 436 g/mol. The molecule has 0 radical (unpaired) electrons. The zero-order valence-electron chi connectivity index (χ0n) is 15.5. The van der Waals surface area contributed by atoms with Gasteiger partial charge in [-0.25, -0.2) is 0 Å². The van der Waals surface area contributed by atoms with E-state index in [1.165, 1.54) is 24.9 Å². The van der Waals surface area contributed by atoms with Crippen LogP contribution in [0, 0.1) is 0 Å². The third kappa shape index (κ3) is 2.71. The van der Waals surface area contributed by atoms with Gasteiger partial charge in [0.25, 0.3) is 0 Å². The fourth-order valence-electron chi connectivity index (χ4n) is 3.98. The van der Waals surface area contributed by atoms with Crippen LogP contribution in [0.15, 0.2) is 97.2 Å². The normalized spacial score (nSPS) is 11.4. The Morgan fingerprint density at radius 2 is 1.45 bits per heavy atom. The van der Waals surface area contributed by atoms with E-state index in [-0.39, 0.29) is 14.5 Å². The summed E-state index contributed by atoms with van der Waals surface area (Å²) in [5.74, 6) is 0. The second-order valence-corrected chi connectivity index (χ2v) is 9.28. The number of aromatic nitrogens is 2. The summed E-state index contributed by atoms with van der Waals surface area (Å²) in [5, 5.41) is 3.80. The minimum atomic E-state index is 0.288. The number of nitrogens with zero attached hydrogens (tertiary/aromatic N) is 2. The van der Waals surface area contributed by atoms with Crippen molar-refractivity contribution >= 4 is 44.7 Å². The Kier molecular flexibility index (Phi) is 3.83. The Morgan fingerprint density at radius 1 is 0.655 bits per heavy atom. The summed E-state index contributed by atoms with van der Waals surface area (Å²) in [5.41, 5.74) is 5.32. The number of benzene rings is 3. The van der Waals surface area contributed by atoms with Gasteiger partial charge in [-0.2, -0.15) is 0 Å². The molecule has 3 aromatic heterocycles. The first-order valence-corrected chi connectivity index (χ1v) is 11.3. The molecule has 6 rings (SSSR count). The molecule has 136 valence electrons. The first-order valence-electron chi connectivity index (χ1n) is 9.60. The van der Waals surface area contributed by atoms with Crippen LogP contribution in [-0.2, 0) is 0 Å². The van der Waals surface area contributed by atoms with Crippen LogP contribution in [0.3, 0.4) is 0 Å². The molecule has 0 fully saturated rings. The molecule has 6 aromatic rings. The summed E-state index contributed by atoms with van der Waals surface area (Å²) in [6.45, 7) is 0. The molecule has 0 bridgehead atoms. The summed E-state index contributed by atoms with van der Waals surface area (Å²) in [4.78, 5) is 9.80. The standard InChI is InChI=1S/C26H16N2Se/c1-2-8-17(9-3-1)25-20-13-7-15-27-22(20)16-23(28-25)21-12-6-11-19-18-10-4-5-14-24(18)29-26(19)21/h1-16H. The molecule has 2 nitrogen and oxygen atoms in total. The van der Waals surface area contributed by atoms with Gasteiger partial charge in [0.2, 0.25) is 0 Å². The van der Waals surface area contributed by atoms with Crippen molar-refractivity contribution in [2.45, 2.75) is 0 Å². The molecular weight excluding hydrogens is 419 g/mol. The summed E-state index contributed by atoms with van der Waals surface area (Å²) in [6, 6.07) is 32.0. The van der Waals surface area contributed by atoms with Crippen molar-refractivity contribution in [2.75, 3.05) is 0 Å². The zero-order valence-corrected chi connectivity index (χ0v) is 17.3. The fourth-order valence-corrected chi connectivity index (χ4v) is 6.55. The fraction of sp³-hybridized carbons (Fsp3) is 0. The van der Waals surface area contributed by atoms with E-state index >= 15 is 0 Å². The van der Waals surface area contributed by atoms with E-state index < -0.39 is 0 Å². The summed E-state index contributed by atoms with van der Waals surface area (Å²) in [7, 11) is 0. The maximum atomic E-state index is 5.15. The van der Waals surface area contributed by atoms with Gasteiger partial charge in [-0.1, -0.05) is 0 Å². The quantitative estimate of drug-likeness (QED) is 0.297. The third-order valence-electron chi connectivity index (χ3n) is 5.33. The van der Waals surface area contributed by atoms with Gasteiger partial charge in [0.1, 0.15) is 0 Å². The minimum absolute atomic E-state index is 0.288. The van der Waals surface area contributed by atoms with Gasteiger partial charge >= 0.3 is 174 Å². The molecular formula is C26H16N2Se. The topological polar surface area (TPSA) is 25.8 Å². The SMILES string of the molecule is c1ccc(-c2nc(-c3cccc4c3[se]c3ccccc34)cc3ncccc23)cc1. The van der Waals surface area contributed by atoms with Crippen molar-refractivity contribution in [1.82, 2.24) is 9.97 Å². The van der Waals surface area contributed by atoms with Crippen molar-refractivity contribution in [2.24, 2.45) is 0 Å². The molecule has 0 aliphatic rings. The van der Waals surface area contributed by atoms with E-state index in [1.807, 2.05) is 18.3 Å². The second-order valence-electron chi connectivity index (χ2n) is 7.07. The van der Waals surface area contributed by atoms with Gasteiger partial charge < -0.3 is 0 Å². The first kappa shape index (κ1) is 16.7. The molecule has 3 heterocycles. The Labute approximate surface area is 174 Å². The molecule has 0 unspecified atom stereocenters. The van der Waals surface area contributed by atoms with E-state index in [1.54, 1.807) is 0 Å². The summed E-state index contributed by atoms with van der Waals surface area (Å²) < 4.78 is 2.87. The molecule has 0 atom stereocenters. The van der Waals surface area contributed by atoms with Crippen molar-refractivity contribution in [3.63, 3.8) is 0 Å². The Morgan fingerprint density at radius 3 is 2.38 bits per heavy atom. The molecule has 29 heavy (non-hydrogen) atoms. The van der Waals surface area contributed by atoms with E-state index in [4.69, 9.17) is 4.98 Å². The number of pyridine rings is 2.